The van der Waals surface area contributed by atoms with Gasteiger partial charge in [-0.1, -0.05) is 0 Å². The van der Waals surface area contributed by atoms with Crippen molar-refractivity contribution in [2.24, 2.45) is 0 Å². The molecule has 27 heavy (non-hydrogen) atoms. The number of hydrogen-bond donors (Lipinski definition) is 1. The van der Waals surface area contributed by atoms with Crippen LogP contribution in [0.15, 0.2) is 48.8 Å². The van der Waals surface area contributed by atoms with Gasteiger partial charge in [0.1, 0.15) is 12.4 Å². The molecule has 1 N–H and O–H groups in total. The Labute approximate surface area is 160 Å². The molecule has 0 radical (unpaired) electrons. The van der Waals surface area contributed by atoms with Crippen LogP contribution in [0.3, 0.4) is 0 Å². The molecule has 2 aliphatic rings. The molecule has 1 aromatic carbocycles. The van der Waals surface area contributed by atoms with Crippen molar-refractivity contribution in [3.05, 3.63) is 59.9 Å². The minimum atomic E-state index is 0.119. The Morgan fingerprint density at radius 3 is 2.56 bits per heavy atom. The fourth-order valence-corrected chi connectivity index (χ4v) is 3.79. The Kier molecular flexibility index (Phi) is 5.65. The normalized spacial score (nSPS) is 20.6. The van der Waals surface area contributed by atoms with Crippen LogP contribution in [0.5, 0.6) is 5.75 Å². The van der Waals surface area contributed by atoms with Crippen molar-refractivity contribution in [3.63, 3.8) is 0 Å². The van der Waals surface area contributed by atoms with Crippen molar-refractivity contribution < 1.29 is 9.53 Å². The number of benzene rings is 1. The highest BCUT2D eigenvalue weighted by Gasteiger charge is 2.31. The number of piperazine rings is 1. The minimum Gasteiger partial charge on any atom is -0.489 e. The predicted molar refractivity (Wildman–Crippen MR) is 104 cm³/mol. The van der Waals surface area contributed by atoms with Gasteiger partial charge in [-0.2, -0.15) is 0 Å². The van der Waals surface area contributed by atoms with Gasteiger partial charge in [-0.15, -0.1) is 0 Å². The molecule has 0 saturated carbocycles. The van der Waals surface area contributed by atoms with Gasteiger partial charge in [0, 0.05) is 63.3 Å². The molecular formula is C21H26N4O2. The Morgan fingerprint density at radius 1 is 1.07 bits per heavy atom. The van der Waals surface area contributed by atoms with E-state index in [9.17, 15) is 4.79 Å². The van der Waals surface area contributed by atoms with Gasteiger partial charge in [-0.05, 0) is 48.4 Å². The Hall–Kier alpha value is -2.44. The van der Waals surface area contributed by atoms with Crippen molar-refractivity contribution in [2.45, 2.75) is 19.1 Å². The number of likely N-dealkylation sites (tertiary alicyclic amines) is 1. The van der Waals surface area contributed by atoms with Gasteiger partial charge in [0.15, 0.2) is 0 Å². The zero-order valence-electron chi connectivity index (χ0n) is 15.5. The quantitative estimate of drug-likeness (QED) is 0.874. The molecule has 3 heterocycles. The van der Waals surface area contributed by atoms with Crippen LogP contribution in [0.1, 0.15) is 22.3 Å². The predicted octanol–water partition coefficient (Wildman–Crippen LogP) is 1.78. The molecule has 1 amide bonds. The maximum absolute atomic E-state index is 12.8. The van der Waals surface area contributed by atoms with E-state index < -0.39 is 0 Å². The number of hydrogen-bond acceptors (Lipinski definition) is 5. The van der Waals surface area contributed by atoms with Crippen molar-refractivity contribution in [2.75, 3.05) is 39.3 Å². The summed E-state index contributed by atoms with van der Waals surface area (Å²) in [4.78, 5) is 21.3. The molecule has 6 heteroatoms. The van der Waals surface area contributed by atoms with Gasteiger partial charge in [0.05, 0.1) is 0 Å². The average Bonchev–Trinajstić information content (AvgIpc) is 3.24. The lowest BCUT2D eigenvalue weighted by Crippen LogP contribution is -2.49. The Bertz CT molecular complexity index is 745. The summed E-state index contributed by atoms with van der Waals surface area (Å²) in [6, 6.07) is 11.8. The highest BCUT2D eigenvalue weighted by Crippen LogP contribution is 2.20. The topological polar surface area (TPSA) is 57.7 Å². The molecule has 1 aromatic heterocycles. The van der Waals surface area contributed by atoms with Crippen molar-refractivity contribution in [3.8, 4) is 5.75 Å². The van der Waals surface area contributed by atoms with E-state index in [0.29, 0.717) is 12.6 Å². The molecular weight excluding hydrogens is 340 g/mol. The van der Waals surface area contributed by atoms with Crippen molar-refractivity contribution in [1.29, 1.82) is 0 Å². The molecule has 0 bridgehead atoms. The highest BCUT2D eigenvalue weighted by molar-refractivity contribution is 5.94. The minimum absolute atomic E-state index is 0.119. The molecule has 0 spiro atoms. The van der Waals surface area contributed by atoms with E-state index >= 15 is 0 Å². The first-order chi connectivity index (χ1) is 13.3. The second-order valence-corrected chi connectivity index (χ2v) is 7.15. The van der Waals surface area contributed by atoms with E-state index in [-0.39, 0.29) is 5.91 Å². The van der Waals surface area contributed by atoms with E-state index in [1.807, 2.05) is 41.3 Å². The molecule has 6 nitrogen and oxygen atoms in total. The molecule has 2 saturated heterocycles. The van der Waals surface area contributed by atoms with E-state index in [1.54, 1.807) is 12.4 Å². The van der Waals surface area contributed by atoms with Gasteiger partial charge < -0.3 is 15.0 Å². The number of nitrogens with zero attached hydrogens (tertiary/aromatic N) is 3. The first-order valence-corrected chi connectivity index (χ1v) is 9.65. The van der Waals surface area contributed by atoms with Gasteiger partial charge in [0.2, 0.25) is 0 Å². The number of carbonyl (C=O) groups excluding carboxylic acids is 1. The summed E-state index contributed by atoms with van der Waals surface area (Å²) in [5.74, 6) is 0.886. The van der Waals surface area contributed by atoms with Gasteiger partial charge >= 0.3 is 0 Å². The first kappa shape index (κ1) is 17.9. The molecule has 4 rings (SSSR count). The fraction of sp³-hybridized carbons (Fsp3) is 0.429. The fourth-order valence-electron chi connectivity index (χ4n) is 3.79. The molecule has 0 aliphatic carbocycles. The van der Waals surface area contributed by atoms with E-state index in [0.717, 1.165) is 62.6 Å². The lowest BCUT2D eigenvalue weighted by molar-refractivity contribution is 0.0773. The van der Waals surface area contributed by atoms with Crippen LogP contribution in [-0.2, 0) is 6.61 Å². The maximum Gasteiger partial charge on any atom is 0.253 e. The standard InChI is InChI=1S/C21H26N4O2/c26-21(25-12-7-19(15-25)24-13-10-23-11-14-24)18-1-3-20(4-2-18)27-16-17-5-8-22-9-6-17/h1-6,8-9,19,23H,7,10-16H2. The summed E-state index contributed by atoms with van der Waals surface area (Å²) in [6.07, 6.45) is 4.58. The van der Waals surface area contributed by atoms with Crippen molar-refractivity contribution in [1.82, 2.24) is 20.1 Å². The summed E-state index contributed by atoms with van der Waals surface area (Å²) >= 11 is 0. The monoisotopic (exact) mass is 366 g/mol. The third-order valence-corrected chi connectivity index (χ3v) is 5.37. The van der Waals surface area contributed by atoms with Crippen LogP contribution in [0.2, 0.25) is 0 Å². The van der Waals surface area contributed by atoms with E-state index in [4.69, 9.17) is 4.74 Å². The van der Waals surface area contributed by atoms with Gasteiger partial charge in [-0.3, -0.25) is 14.7 Å². The number of ether oxygens (including phenoxy) is 1. The van der Waals surface area contributed by atoms with Gasteiger partial charge in [-0.25, -0.2) is 0 Å². The zero-order valence-corrected chi connectivity index (χ0v) is 15.5. The third kappa shape index (κ3) is 4.46. The number of carbonyl (C=O) groups is 1. The number of rotatable bonds is 5. The number of aromatic nitrogens is 1. The Morgan fingerprint density at radius 2 is 1.81 bits per heavy atom. The summed E-state index contributed by atoms with van der Waals surface area (Å²) in [5, 5.41) is 3.39. The summed E-state index contributed by atoms with van der Waals surface area (Å²) in [6.45, 7) is 6.42. The molecule has 1 unspecified atom stereocenters. The smallest absolute Gasteiger partial charge is 0.253 e. The SMILES string of the molecule is O=C(c1ccc(OCc2ccncc2)cc1)N1CCC(N2CCNCC2)C1. The third-order valence-electron chi connectivity index (χ3n) is 5.37. The molecule has 2 aliphatic heterocycles. The molecule has 2 fully saturated rings. The van der Waals surface area contributed by atoms with Crippen LogP contribution >= 0.6 is 0 Å². The molecule has 1 atom stereocenters. The van der Waals surface area contributed by atoms with Crippen LogP contribution in [0.25, 0.3) is 0 Å². The Balaban J connectivity index is 1.31. The second kappa shape index (κ2) is 8.50. The summed E-state index contributed by atoms with van der Waals surface area (Å²) in [7, 11) is 0. The van der Waals surface area contributed by atoms with Gasteiger partial charge in [0.25, 0.3) is 5.91 Å². The zero-order chi connectivity index (χ0) is 18.5. The summed E-state index contributed by atoms with van der Waals surface area (Å²) < 4.78 is 5.78. The van der Waals surface area contributed by atoms with E-state index in [2.05, 4.69) is 15.2 Å². The molecule has 142 valence electrons. The number of pyridine rings is 1. The molecule has 2 aromatic rings. The number of nitrogens with one attached hydrogen (secondary N) is 1. The second-order valence-electron chi connectivity index (χ2n) is 7.15. The van der Waals surface area contributed by atoms with Crippen LogP contribution in [-0.4, -0.2) is 66.0 Å². The van der Waals surface area contributed by atoms with Crippen LogP contribution in [0, 0.1) is 0 Å². The maximum atomic E-state index is 12.8. The van der Waals surface area contributed by atoms with Crippen LogP contribution < -0.4 is 10.1 Å². The van der Waals surface area contributed by atoms with Crippen LogP contribution in [0.4, 0.5) is 0 Å². The first-order valence-electron chi connectivity index (χ1n) is 9.65. The average molecular weight is 366 g/mol. The lowest BCUT2D eigenvalue weighted by atomic mass is 10.2. The number of amides is 1. The summed E-state index contributed by atoms with van der Waals surface area (Å²) in [5.41, 5.74) is 1.80. The van der Waals surface area contributed by atoms with E-state index in [1.165, 1.54) is 0 Å². The lowest BCUT2D eigenvalue weighted by Gasteiger charge is -2.32. The largest absolute Gasteiger partial charge is 0.489 e. The van der Waals surface area contributed by atoms with Crippen molar-refractivity contribution >= 4 is 5.91 Å². The highest BCUT2D eigenvalue weighted by atomic mass is 16.5.